The molecule has 0 aliphatic carbocycles. The average molecular weight is 252 g/mol. The molecule has 0 saturated heterocycles. The molecule has 0 aromatic carbocycles. The molecule has 1 heterocycles. The molecule has 5 heteroatoms. The summed E-state index contributed by atoms with van der Waals surface area (Å²) >= 11 is 0. The number of allylic oxidation sites excluding steroid dienone is 1. The number of ether oxygens (including phenoxy) is 1. The number of aromatic nitrogens is 3. The van der Waals surface area contributed by atoms with Crippen molar-refractivity contribution in [3.8, 4) is 0 Å². The Kier molecular flexibility index (Phi) is 8.08. The van der Waals surface area contributed by atoms with E-state index in [4.69, 9.17) is 4.74 Å². The van der Waals surface area contributed by atoms with E-state index in [1.807, 2.05) is 17.0 Å². The fourth-order valence-electron chi connectivity index (χ4n) is 1.51. The molecule has 5 nitrogen and oxygen atoms in total. The molecule has 0 bridgehead atoms. The number of hydrogen-bond acceptors (Lipinski definition) is 4. The fraction of sp³-hybridized carbons (Fsp3) is 0.692. The van der Waals surface area contributed by atoms with Crippen LogP contribution in [0.25, 0.3) is 0 Å². The first-order chi connectivity index (χ1) is 8.86. The SMILES string of the molecule is C=CCCCOCCn1cc(CNCCC)nn1. The highest BCUT2D eigenvalue weighted by atomic mass is 16.5. The van der Waals surface area contributed by atoms with Crippen molar-refractivity contribution in [3.05, 3.63) is 24.5 Å². The predicted molar refractivity (Wildman–Crippen MR) is 72.3 cm³/mol. The lowest BCUT2D eigenvalue weighted by Crippen LogP contribution is -2.14. The first-order valence-electron chi connectivity index (χ1n) is 6.65. The van der Waals surface area contributed by atoms with Crippen molar-refractivity contribution in [2.45, 2.75) is 39.3 Å². The van der Waals surface area contributed by atoms with Crippen LogP contribution in [0.4, 0.5) is 0 Å². The van der Waals surface area contributed by atoms with Gasteiger partial charge in [0.15, 0.2) is 0 Å². The smallest absolute Gasteiger partial charge is 0.0964 e. The van der Waals surface area contributed by atoms with Crippen LogP contribution in [0, 0.1) is 0 Å². The molecule has 1 rings (SSSR count). The molecule has 0 aliphatic rings. The second-order valence-electron chi connectivity index (χ2n) is 4.19. The summed E-state index contributed by atoms with van der Waals surface area (Å²) in [6.45, 7) is 9.85. The molecule has 0 saturated carbocycles. The van der Waals surface area contributed by atoms with Crippen molar-refractivity contribution in [1.82, 2.24) is 20.3 Å². The second kappa shape index (κ2) is 9.79. The minimum atomic E-state index is 0.683. The predicted octanol–water partition coefficient (Wildman–Crippen LogP) is 1.76. The topological polar surface area (TPSA) is 52.0 Å². The van der Waals surface area contributed by atoms with Crippen LogP contribution in [0.2, 0.25) is 0 Å². The van der Waals surface area contributed by atoms with Crippen molar-refractivity contribution < 1.29 is 4.74 Å². The van der Waals surface area contributed by atoms with Crippen molar-refractivity contribution in [1.29, 1.82) is 0 Å². The Morgan fingerprint density at radius 3 is 3.17 bits per heavy atom. The molecule has 0 fully saturated rings. The van der Waals surface area contributed by atoms with E-state index < -0.39 is 0 Å². The van der Waals surface area contributed by atoms with Gasteiger partial charge < -0.3 is 10.1 Å². The molecule has 0 unspecified atom stereocenters. The van der Waals surface area contributed by atoms with Crippen molar-refractivity contribution in [2.24, 2.45) is 0 Å². The van der Waals surface area contributed by atoms with E-state index in [9.17, 15) is 0 Å². The highest BCUT2D eigenvalue weighted by Crippen LogP contribution is 1.94. The van der Waals surface area contributed by atoms with Gasteiger partial charge >= 0.3 is 0 Å². The van der Waals surface area contributed by atoms with Crippen LogP contribution >= 0.6 is 0 Å². The van der Waals surface area contributed by atoms with Gasteiger partial charge in [0.05, 0.1) is 18.8 Å². The number of nitrogens with one attached hydrogen (secondary N) is 1. The van der Waals surface area contributed by atoms with Crippen molar-refractivity contribution in [2.75, 3.05) is 19.8 Å². The maximum Gasteiger partial charge on any atom is 0.0964 e. The standard InChI is InChI=1S/C13H24N4O/c1-3-5-6-9-18-10-8-17-12-13(15-16-17)11-14-7-4-2/h3,12,14H,1,4-11H2,2H3. The first kappa shape index (κ1) is 14.9. The molecular formula is C13H24N4O. The van der Waals surface area contributed by atoms with Crippen LogP contribution in [-0.2, 0) is 17.8 Å². The van der Waals surface area contributed by atoms with E-state index in [2.05, 4.69) is 29.1 Å². The summed E-state index contributed by atoms with van der Waals surface area (Å²) in [6, 6.07) is 0. The number of hydrogen-bond donors (Lipinski definition) is 1. The minimum Gasteiger partial charge on any atom is -0.380 e. The molecule has 0 spiro atoms. The highest BCUT2D eigenvalue weighted by Gasteiger charge is 1.99. The molecule has 0 atom stereocenters. The summed E-state index contributed by atoms with van der Waals surface area (Å²) in [6.07, 6.45) is 7.06. The van der Waals surface area contributed by atoms with E-state index in [0.717, 1.165) is 51.2 Å². The number of unbranched alkanes of at least 4 members (excludes halogenated alkanes) is 1. The van der Waals surface area contributed by atoms with Gasteiger partial charge in [0.25, 0.3) is 0 Å². The largest absolute Gasteiger partial charge is 0.380 e. The summed E-state index contributed by atoms with van der Waals surface area (Å²) in [4.78, 5) is 0. The Hall–Kier alpha value is -1.20. The Balaban J connectivity index is 2.09. The quantitative estimate of drug-likeness (QED) is 0.481. The second-order valence-corrected chi connectivity index (χ2v) is 4.19. The van der Waals surface area contributed by atoms with Gasteiger partial charge in [0, 0.05) is 19.3 Å². The van der Waals surface area contributed by atoms with Crippen LogP contribution < -0.4 is 5.32 Å². The van der Waals surface area contributed by atoms with E-state index in [-0.39, 0.29) is 0 Å². The maximum atomic E-state index is 5.50. The molecule has 0 amide bonds. The van der Waals surface area contributed by atoms with Gasteiger partial charge in [-0.05, 0) is 25.8 Å². The number of nitrogens with zero attached hydrogens (tertiary/aromatic N) is 3. The lowest BCUT2D eigenvalue weighted by atomic mass is 10.3. The number of rotatable bonds is 11. The summed E-state index contributed by atoms with van der Waals surface area (Å²) in [5.74, 6) is 0. The van der Waals surface area contributed by atoms with E-state index in [1.165, 1.54) is 0 Å². The lowest BCUT2D eigenvalue weighted by molar-refractivity contribution is 0.121. The van der Waals surface area contributed by atoms with Gasteiger partial charge in [-0.1, -0.05) is 18.2 Å². The Bertz CT molecular complexity index is 325. The zero-order valence-corrected chi connectivity index (χ0v) is 11.3. The van der Waals surface area contributed by atoms with Crippen LogP contribution in [-0.4, -0.2) is 34.8 Å². The van der Waals surface area contributed by atoms with E-state index in [1.54, 1.807) is 0 Å². The fourth-order valence-corrected chi connectivity index (χ4v) is 1.51. The Morgan fingerprint density at radius 1 is 1.50 bits per heavy atom. The van der Waals surface area contributed by atoms with Gasteiger partial charge in [0.1, 0.15) is 0 Å². The third-order valence-corrected chi connectivity index (χ3v) is 2.48. The van der Waals surface area contributed by atoms with Gasteiger partial charge in [-0.25, -0.2) is 4.68 Å². The summed E-state index contributed by atoms with van der Waals surface area (Å²) in [5, 5.41) is 11.5. The summed E-state index contributed by atoms with van der Waals surface area (Å²) in [5.41, 5.74) is 0.982. The highest BCUT2D eigenvalue weighted by molar-refractivity contribution is 4.91. The van der Waals surface area contributed by atoms with Crippen molar-refractivity contribution in [3.63, 3.8) is 0 Å². The monoisotopic (exact) mass is 252 g/mol. The van der Waals surface area contributed by atoms with Crippen LogP contribution in [0.1, 0.15) is 31.9 Å². The third kappa shape index (κ3) is 6.51. The zero-order valence-electron chi connectivity index (χ0n) is 11.3. The van der Waals surface area contributed by atoms with Gasteiger partial charge in [0.2, 0.25) is 0 Å². The molecule has 1 N–H and O–H groups in total. The minimum absolute atomic E-state index is 0.683. The van der Waals surface area contributed by atoms with Gasteiger partial charge in [-0.15, -0.1) is 11.7 Å². The molecule has 1 aromatic heterocycles. The van der Waals surface area contributed by atoms with Gasteiger partial charge in [-0.2, -0.15) is 0 Å². The lowest BCUT2D eigenvalue weighted by Gasteiger charge is -2.02. The molecule has 1 aromatic rings. The van der Waals surface area contributed by atoms with Gasteiger partial charge in [-0.3, -0.25) is 0 Å². The average Bonchev–Trinajstić information content (AvgIpc) is 2.82. The normalized spacial score (nSPS) is 10.7. The maximum absolute atomic E-state index is 5.50. The molecule has 0 radical (unpaired) electrons. The molecular weight excluding hydrogens is 228 g/mol. The van der Waals surface area contributed by atoms with E-state index in [0.29, 0.717) is 6.61 Å². The van der Waals surface area contributed by atoms with Crippen LogP contribution in [0.15, 0.2) is 18.9 Å². The molecule has 0 aliphatic heterocycles. The Labute approximate surface area is 109 Å². The molecule has 102 valence electrons. The van der Waals surface area contributed by atoms with Crippen molar-refractivity contribution >= 4 is 0 Å². The Morgan fingerprint density at radius 2 is 2.39 bits per heavy atom. The van der Waals surface area contributed by atoms with Crippen LogP contribution in [0.3, 0.4) is 0 Å². The molecule has 18 heavy (non-hydrogen) atoms. The zero-order chi connectivity index (χ0) is 13.1. The first-order valence-corrected chi connectivity index (χ1v) is 6.65. The third-order valence-electron chi connectivity index (χ3n) is 2.48. The summed E-state index contributed by atoms with van der Waals surface area (Å²) in [7, 11) is 0. The van der Waals surface area contributed by atoms with Crippen LogP contribution in [0.5, 0.6) is 0 Å². The van der Waals surface area contributed by atoms with E-state index >= 15 is 0 Å². The summed E-state index contributed by atoms with van der Waals surface area (Å²) < 4.78 is 7.33.